The minimum Gasteiger partial charge on any atom is -0.399 e. The first-order valence-corrected chi connectivity index (χ1v) is 4.35. The van der Waals surface area contributed by atoms with Crippen LogP contribution in [0, 0.1) is 10.1 Å². The monoisotopic (exact) mass is 195 g/mol. The molecule has 1 atom stereocenters. The molecule has 4 N–H and O–H groups in total. The highest BCUT2D eigenvalue weighted by Gasteiger charge is 2.11. The van der Waals surface area contributed by atoms with E-state index in [-0.39, 0.29) is 11.7 Å². The Morgan fingerprint density at radius 1 is 1.50 bits per heavy atom. The SMILES string of the molecule is CC[C@@H](N)c1cc(N)cc([N+](=O)[O-])c1. The molecule has 0 aliphatic heterocycles. The highest BCUT2D eigenvalue weighted by molar-refractivity contribution is 5.51. The van der Waals surface area contributed by atoms with Crippen molar-refractivity contribution in [2.75, 3.05) is 5.73 Å². The van der Waals surface area contributed by atoms with Gasteiger partial charge in [0.25, 0.3) is 5.69 Å². The van der Waals surface area contributed by atoms with Crippen LogP contribution < -0.4 is 11.5 Å². The summed E-state index contributed by atoms with van der Waals surface area (Å²) in [6.45, 7) is 1.92. The molecule has 0 unspecified atom stereocenters. The number of hydrogen-bond acceptors (Lipinski definition) is 4. The van der Waals surface area contributed by atoms with Gasteiger partial charge >= 0.3 is 0 Å². The molecule has 0 aliphatic rings. The Hall–Kier alpha value is -1.62. The first-order valence-electron chi connectivity index (χ1n) is 4.35. The largest absolute Gasteiger partial charge is 0.399 e. The standard InChI is InChI=1S/C9H13N3O2/c1-2-9(11)6-3-7(10)5-8(4-6)12(13)14/h3-5,9H,2,10-11H2,1H3/t9-/m1/s1. The van der Waals surface area contributed by atoms with Crippen molar-refractivity contribution in [2.24, 2.45) is 5.73 Å². The molecular formula is C9H13N3O2. The number of benzene rings is 1. The molecule has 5 heteroatoms. The normalized spacial score (nSPS) is 12.4. The zero-order valence-corrected chi connectivity index (χ0v) is 7.93. The van der Waals surface area contributed by atoms with Crippen molar-refractivity contribution in [3.63, 3.8) is 0 Å². The van der Waals surface area contributed by atoms with Gasteiger partial charge in [-0.2, -0.15) is 0 Å². The summed E-state index contributed by atoms with van der Waals surface area (Å²) in [4.78, 5) is 10.1. The Kier molecular flexibility index (Phi) is 3.03. The molecule has 76 valence electrons. The predicted molar refractivity (Wildman–Crippen MR) is 54.7 cm³/mol. The van der Waals surface area contributed by atoms with Crippen LogP contribution in [0.15, 0.2) is 18.2 Å². The fourth-order valence-corrected chi connectivity index (χ4v) is 1.21. The quantitative estimate of drug-likeness (QED) is 0.435. The minimum absolute atomic E-state index is 0.0103. The molecule has 1 aromatic rings. The van der Waals surface area contributed by atoms with E-state index in [2.05, 4.69) is 0 Å². The summed E-state index contributed by atoms with van der Waals surface area (Å²) in [6.07, 6.45) is 0.723. The lowest BCUT2D eigenvalue weighted by atomic mass is 10.0. The molecule has 0 fully saturated rings. The molecule has 0 spiro atoms. The molecule has 0 aliphatic carbocycles. The van der Waals surface area contributed by atoms with Gasteiger partial charge in [0, 0.05) is 23.9 Å². The summed E-state index contributed by atoms with van der Waals surface area (Å²) in [5, 5.41) is 10.5. The van der Waals surface area contributed by atoms with Gasteiger partial charge in [-0.05, 0) is 18.1 Å². The number of nitrogens with zero attached hydrogens (tertiary/aromatic N) is 1. The second-order valence-electron chi connectivity index (χ2n) is 3.13. The number of non-ortho nitro benzene ring substituents is 1. The van der Waals surface area contributed by atoms with E-state index in [0.717, 1.165) is 6.42 Å². The summed E-state index contributed by atoms with van der Waals surface area (Å²) in [7, 11) is 0. The average Bonchev–Trinajstić information content (AvgIpc) is 2.15. The van der Waals surface area contributed by atoms with Crippen molar-refractivity contribution < 1.29 is 4.92 Å². The van der Waals surface area contributed by atoms with Crippen LogP contribution in [0.2, 0.25) is 0 Å². The van der Waals surface area contributed by atoms with E-state index in [1.54, 1.807) is 6.07 Å². The van der Waals surface area contributed by atoms with E-state index in [1.165, 1.54) is 12.1 Å². The lowest BCUT2D eigenvalue weighted by molar-refractivity contribution is -0.384. The van der Waals surface area contributed by atoms with Gasteiger partial charge in [-0.15, -0.1) is 0 Å². The van der Waals surface area contributed by atoms with Crippen LogP contribution in [0.1, 0.15) is 24.9 Å². The lowest BCUT2D eigenvalue weighted by Crippen LogP contribution is -2.09. The van der Waals surface area contributed by atoms with Crippen LogP contribution in [0.3, 0.4) is 0 Å². The van der Waals surface area contributed by atoms with Crippen molar-refractivity contribution >= 4 is 11.4 Å². The molecular weight excluding hydrogens is 182 g/mol. The third-order valence-electron chi connectivity index (χ3n) is 2.04. The van der Waals surface area contributed by atoms with Gasteiger partial charge < -0.3 is 11.5 Å². The Morgan fingerprint density at radius 2 is 2.14 bits per heavy atom. The van der Waals surface area contributed by atoms with Crippen molar-refractivity contribution in [3.05, 3.63) is 33.9 Å². The third-order valence-corrected chi connectivity index (χ3v) is 2.04. The first kappa shape index (κ1) is 10.5. The Balaban J connectivity index is 3.13. The second-order valence-corrected chi connectivity index (χ2v) is 3.13. The molecule has 1 aromatic carbocycles. The van der Waals surface area contributed by atoms with E-state index in [1.807, 2.05) is 6.92 Å². The maximum Gasteiger partial charge on any atom is 0.271 e. The van der Waals surface area contributed by atoms with Gasteiger partial charge in [0.2, 0.25) is 0 Å². The Morgan fingerprint density at radius 3 is 2.64 bits per heavy atom. The van der Waals surface area contributed by atoms with E-state index in [9.17, 15) is 10.1 Å². The third kappa shape index (κ3) is 2.20. The maximum absolute atomic E-state index is 10.5. The first-order chi connectivity index (χ1) is 6.54. The van der Waals surface area contributed by atoms with Crippen LogP contribution >= 0.6 is 0 Å². The fraction of sp³-hybridized carbons (Fsp3) is 0.333. The van der Waals surface area contributed by atoms with Crippen molar-refractivity contribution in [1.29, 1.82) is 0 Å². The van der Waals surface area contributed by atoms with Crippen LogP contribution in [-0.2, 0) is 0 Å². The van der Waals surface area contributed by atoms with Crippen LogP contribution in [0.25, 0.3) is 0 Å². The number of nitro groups is 1. The molecule has 0 amide bonds. The highest BCUT2D eigenvalue weighted by atomic mass is 16.6. The van der Waals surface area contributed by atoms with Crippen LogP contribution in [0.5, 0.6) is 0 Å². The van der Waals surface area contributed by atoms with Gasteiger partial charge in [-0.1, -0.05) is 6.92 Å². The fourth-order valence-electron chi connectivity index (χ4n) is 1.21. The van der Waals surface area contributed by atoms with Crippen LogP contribution in [0.4, 0.5) is 11.4 Å². The zero-order chi connectivity index (χ0) is 10.7. The van der Waals surface area contributed by atoms with E-state index >= 15 is 0 Å². The molecule has 0 saturated carbocycles. The molecule has 0 radical (unpaired) electrons. The number of hydrogen-bond donors (Lipinski definition) is 2. The maximum atomic E-state index is 10.5. The van der Waals surface area contributed by atoms with Gasteiger partial charge in [-0.25, -0.2) is 0 Å². The average molecular weight is 195 g/mol. The minimum atomic E-state index is -0.470. The van der Waals surface area contributed by atoms with Gasteiger partial charge in [0.05, 0.1) is 4.92 Å². The van der Waals surface area contributed by atoms with E-state index < -0.39 is 4.92 Å². The van der Waals surface area contributed by atoms with Gasteiger partial charge in [-0.3, -0.25) is 10.1 Å². The predicted octanol–water partition coefficient (Wildman–Crippen LogP) is 1.59. The highest BCUT2D eigenvalue weighted by Crippen LogP contribution is 2.23. The second kappa shape index (κ2) is 4.06. The van der Waals surface area contributed by atoms with Gasteiger partial charge in [0.1, 0.15) is 0 Å². The number of anilines is 1. The molecule has 14 heavy (non-hydrogen) atoms. The smallest absolute Gasteiger partial charge is 0.271 e. The summed E-state index contributed by atoms with van der Waals surface area (Å²) in [5.74, 6) is 0. The summed E-state index contributed by atoms with van der Waals surface area (Å²) in [6, 6.07) is 4.26. The zero-order valence-electron chi connectivity index (χ0n) is 7.93. The summed E-state index contributed by atoms with van der Waals surface area (Å²) < 4.78 is 0. The summed E-state index contributed by atoms with van der Waals surface area (Å²) >= 11 is 0. The number of nitro benzene ring substituents is 1. The number of rotatable bonds is 3. The molecule has 0 bridgehead atoms. The molecule has 0 heterocycles. The van der Waals surface area contributed by atoms with Gasteiger partial charge in [0.15, 0.2) is 0 Å². The van der Waals surface area contributed by atoms with Crippen molar-refractivity contribution in [3.8, 4) is 0 Å². The molecule has 0 aromatic heterocycles. The topological polar surface area (TPSA) is 95.2 Å². The number of nitrogen functional groups attached to an aromatic ring is 1. The Labute approximate surface area is 81.9 Å². The van der Waals surface area contributed by atoms with Crippen molar-refractivity contribution in [2.45, 2.75) is 19.4 Å². The van der Waals surface area contributed by atoms with Crippen LogP contribution in [-0.4, -0.2) is 4.92 Å². The lowest BCUT2D eigenvalue weighted by Gasteiger charge is -2.09. The Bertz CT molecular complexity index is 352. The van der Waals surface area contributed by atoms with Crippen molar-refractivity contribution in [1.82, 2.24) is 0 Å². The summed E-state index contributed by atoms with van der Waals surface area (Å²) in [5.41, 5.74) is 12.4. The molecule has 0 saturated heterocycles. The van der Waals surface area contributed by atoms with E-state index in [0.29, 0.717) is 11.3 Å². The van der Waals surface area contributed by atoms with E-state index in [4.69, 9.17) is 11.5 Å². The molecule has 5 nitrogen and oxygen atoms in total. The number of nitrogens with two attached hydrogens (primary N) is 2. The molecule has 1 rings (SSSR count).